The standard InChI is InChI=1S/C22H19ClF3N5O3/c23-17-4-2-1-3-14(17)13-31-20(33)16(12-28-21(31)34)19(32)30-9-7-29(8-10-30)18-6-5-15(11-27-18)22(24,25)26/h1-6,11-12H,7-10,13H2,(H,28,34). The van der Waals surface area contributed by atoms with Gasteiger partial charge in [0.05, 0.1) is 12.1 Å². The number of nitrogens with one attached hydrogen (secondary N) is 1. The summed E-state index contributed by atoms with van der Waals surface area (Å²) in [4.78, 5) is 47.7. The SMILES string of the molecule is O=C(c1c[nH]c(=O)n(Cc2ccccc2Cl)c1=O)N1CCN(c2ccc(C(F)(F)F)cn2)CC1. The first kappa shape index (κ1) is 23.6. The first-order chi connectivity index (χ1) is 16.1. The van der Waals surface area contributed by atoms with Gasteiger partial charge in [0.2, 0.25) is 0 Å². The monoisotopic (exact) mass is 493 g/mol. The summed E-state index contributed by atoms with van der Waals surface area (Å²) in [6.07, 6.45) is -2.60. The fourth-order valence-corrected chi connectivity index (χ4v) is 3.85. The van der Waals surface area contributed by atoms with Crippen LogP contribution >= 0.6 is 11.6 Å². The summed E-state index contributed by atoms with van der Waals surface area (Å²) in [6.45, 7) is 1.00. The minimum atomic E-state index is -4.47. The van der Waals surface area contributed by atoms with Crippen molar-refractivity contribution >= 4 is 23.3 Å². The van der Waals surface area contributed by atoms with Gasteiger partial charge in [-0.05, 0) is 23.8 Å². The first-order valence-electron chi connectivity index (χ1n) is 10.3. The number of amides is 1. The Balaban J connectivity index is 1.48. The highest BCUT2D eigenvalue weighted by atomic mass is 35.5. The number of carbonyl (C=O) groups is 1. The number of benzene rings is 1. The van der Waals surface area contributed by atoms with E-state index in [1.165, 1.54) is 11.0 Å². The molecule has 0 atom stereocenters. The number of carbonyl (C=O) groups excluding carboxylic acids is 1. The fraction of sp³-hybridized carbons (Fsp3) is 0.273. The zero-order chi connectivity index (χ0) is 24.5. The number of piperazine rings is 1. The van der Waals surface area contributed by atoms with Crippen molar-refractivity contribution in [2.75, 3.05) is 31.1 Å². The Morgan fingerprint density at radius 2 is 1.76 bits per heavy atom. The Morgan fingerprint density at radius 3 is 2.38 bits per heavy atom. The van der Waals surface area contributed by atoms with E-state index >= 15 is 0 Å². The van der Waals surface area contributed by atoms with Gasteiger partial charge in [-0.15, -0.1) is 0 Å². The molecule has 4 rings (SSSR count). The van der Waals surface area contributed by atoms with E-state index in [1.54, 1.807) is 29.2 Å². The Kier molecular flexibility index (Phi) is 6.47. The lowest BCUT2D eigenvalue weighted by molar-refractivity contribution is -0.137. The maximum Gasteiger partial charge on any atom is 0.417 e. The van der Waals surface area contributed by atoms with Crippen LogP contribution in [0.1, 0.15) is 21.5 Å². The van der Waals surface area contributed by atoms with E-state index in [0.29, 0.717) is 29.5 Å². The number of nitrogens with zero attached hydrogens (tertiary/aromatic N) is 4. The zero-order valence-corrected chi connectivity index (χ0v) is 18.4. The topological polar surface area (TPSA) is 91.3 Å². The molecule has 178 valence electrons. The lowest BCUT2D eigenvalue weighted by Gasteiger charge is -2.35. The van der Waals surface area contributed by atoms with Gasteiger partial charge >= 0.3 is 11.9 Å². The van der Waals surface area contributed by atoms with Crippen LogP contribution in [-0.2, 0) is 12.7 Å². The maximum atomic E-state index is 13.0. The van der Waals surface area contributed by atoms with Gasteiger partial charge in [0, 0.05) is 43.6 Å². The number of hydrogen-bond donors (Lipinski definition) is 1. The molecule has 3 aromatic rings. The van der Waals surface area contributed by atoms with E-state index in [9.17, 15) is 27.6 Å². The van der Waals surface area contributed by atoms with Crippen molar-refractivity contribution in [1.29, 1.82) is 0 Å². The highest BCUT2D eigenvalue weighted by molar-refractivity contribution is 6.31. The maximum absolute atomic E-state index is 13.0. The highest BCUT2D eigenvalue weighted by Gasteiger charge is 2.31. The zero-order valence-electron chi connectivity index (χ0n) is 17.7. The summed E-state index contributed by atoms with van der Waals surface area (Å²) < 4.78 is 39.1. The number of aromatic nitrogens is 3. The molecule has 0 radical (unpaired) electrons. The normalized spacial score (nSPS) is 14.4. The number of pyridine rings is 1. The average molecular weight is 494 g/mol. The van der Waals surface area contributed by atoms with Crippen molar-refractivity contribution in [3.8, 4) is 0 Å². The van der Waals surface area contributed by atoms with Gasteiger partial charge < -0.3 is 14.8 Å². The van der Waals surface area contributed by atoms with Crippen molar-refractivity contribution in [2.45, 2.75) is 12.7 Å². The fourth-order valence-electron chi connectivity index (χ4n) is 3.65. The van der Waals surface area contributed by atoms with Crippen LogP contribution in [0.3, 0.4) is 0 Å². The van der Waals surface area contributed by atoms with E-state index < -0.39 is 28.9 Å². The second-order valence-corrected chi connectivity index (χ2v) is 8.08. The van der Waals surface area contributed by atoms with Gasteiger partial charge in [-0.2, -0.15) is 13.2 Å². The molecule has 0 spiro atoms. The Hall–Kier alpha value is -3.60. The summed E-state index contributed by atoms with van der Waals surface area (Å²) >= 11 is 6.13. The lowest BCUT2D eigenvalue weighted by Crippen LogP contribution is -2.50. The Morgan fingerprint density at radius 1 is 1.06 bits per heavy atom. The third kappa shape index (κ3) is 4.84. The van der Waals surface area contributed by atoms with Gasteiger partial charge in [0.25, 0.3) is 11.5 Å². The second kappa shape index (κ2) is 9.34. The van der Waals surface area contributed by atoms with E-state index in [1.807, 2.05) is 0 Å². The van der Waals surface area contributed by atoms with Crippen LogP contribution < -0.4 is 16.1 Å². The molecule has 1 aromatic carbocycles. The number of anilines is 1. The molecule has 0 bridgehead atoms. The molecule has 1 aliphatic heterocycles. The molecule has 1 amide bonds. The molecule has 0 aliphatic carbocycles. The van der Waals surface area contributed by atoms with Gasteiger partial charge in [0.15, 0.2) is 0 Å². The predicted octanol–water partition coefficient (Wildman–Crippen LogP) is 2.61. The van der Waals surface area contributed by atoms with Crippen molar-refractivity contribution in [3.63, 3.8) is 0 Å². The van der Waals surface area contributed by atoms with E-state index in [-0.39, 0.29) is 25.2 Å². The summed E-state index contributed by atoms with van der Waals surface area (Å²) in [6, 6.07) is 9.00. The van der Waals surface area contributed by atoms with Crippen LogP contribution in [0.15, 0.2) is 58.4 Å². The van der Waals surface area contributed by atoms with E-state index in [4.69, 9.17) is 11.6 Å². The van der Waals surface area contributed by atoms with Crippen LogP contribution in [0.5, 0.6) is 0 Å². The molecule has 0 unspecified atom stereocenters. The molecule has 2 aromatic heterocycles. The number of rotatable bonds is 4. The van der Waals surface area contributed by atoms with Crippen molar-refractivity contribution in [1.82, 2.24) is 19.4 Å². The molecule has 1 N–H and O–H groups in total. The van der Waals surface area contributed by atoms with Crippen LogP contribution in [0.4, 0.5) is 19.0 Å². The molecular formula is C22H19ClF3N5O3. The molecule has 3 heterocycles. The molecule has 34 heavy (non-hydrogen) atoms. The number of halogens is 4. The van der Waals surface area contributed by atoms with Crippen molar-refractivity contribution in [2.24, 2.45) is 0 Å². The van der Waals surface area contributed by atoms with Gasteiger partial charge in [-0.1, -0.05) is 29.8 Å². The summed E-state index contributed by atoms with van der Waals surface area (Å²) in [5.74, 6) is -0.180. The summed E-state index contributed by atoms with van der Waals surface area (Å²) in [5, 5.41) is 0.388. The predicted molar refractivity (Wildman–Crippen MR) is 119 cm³/mol. The molecule has 1 saturated heterocycles. The second-order valence-electron chi connectivity index (χ2n) is 7.67. The molecule has 1 fully saturated rings. The minimum Gasteiger partial charge on any atom is -0.353 e. The average Bonchev–Trinajstić information content (AvgIpc) is 2.82. The van der Waals surface area contributed by atoms with Crippen LogP contribution in [0, 0.1) is 0 Å². The van der Waals surface area contributed by atoms with Crippen LogP contribution in [0.25, 0.3) is 0 Å². The minimum absolute atomic E-state index is 0.0949. The Bertz CT molecular complexity index is 1310. The highest BCUT2D eigenvalue weighted by Crippen LogP contribution is 2.29. The van der Waals surface area contributed by atoms with Gasteiger partial charge in [-0.3, -0.25) is 14.2 Å². The van der Waals surface area contributed by atoms with E-state index in [0.717, 1.165) is 23.0 Å². The molecule has 12 heteroatoms. The smallest absolute Gasteiger partial charge is 0.353 e. The number of hydrogen-bond acceptors (Lipinski definition) is 5. The third-order valence-corrected chi connectivity index (χ3v) is 5.91. The quantitative estimate of drug-likeness (QED) is 0.603. The third-order valence-electron chi connectivity index (χ3n) is 5.54. The van der Waals surface area contributed by atoms with Crippen molar-refractivity contribution < 1.29 is 18.0 Å². The molecule has 0 saturated carbocycles. The lowest BCUT2D eigenvalue weighted by atomic mass is 10.2. The summed E-state index contributed by atoms with van der Waals surface area (Å²) in [7, 11) is 0. The van der Waals surface area contributed by atoms with Crippen molar-refractivity contribution in [3.05, 3.63) is 91.3 Å². The molecular weight excluding hydrogens is 475 g/mol. The molecule has 8 nitrogen and oxygen atoms in total. The molecule has 1 aliphatic rings. The van der Waals surface area contributed by atoms with Gasteiger partial charge in [0.1, 0.15) is 11.4 Å². The van der Waals surface area contributed by atoms with Crippen LogP contribution in [0.2, 0.25) is 5.02 Å². The van der Waals surface area contributed by atoms with E-state index in [2.05, 4.69) is 9.97 Å². The number of alkyl halides is 3. The summed E-state index contributed by atoms with van der Waals surface area (Å²) in [5.41, 5.74) is -1.87. The van der Waals surface area contributed by atoms with Crippen LogP contribution in [-0.4, -0.2) is 51.5 Å². The largest absolute Gasteiger partial charge is 0.417 e. The first-order valence-corrected chi connectivity index (χ1v) is 10.7. The number of aromatic amines is 1. The Labute approximate surface area is 196 Å². The number of H-pyrrole nitrogens is 1. The van der Waals surface area contributed by atoms with Gasteiger partial charge in [-0.25, -0.2) is 9.78 Å².